The lowest BCUT2D eigenvalue weighted by atomic mass is 9.88. The molecule has 0 unspecified atom stereocenters. The summed E-state index contributed by atoms with van der Waals surface area (Å²) in [5.74, 6) is 0.658. The maximum absolute atomic E-state index is 9.34. The van der Waals surface area contributed by atoms with Crippen LogP contribution in [0.3, 0.4) is 0 Å². The fraction of sp³-hybridized carbons (Fsp3) is 0. The van der Waals surface area contributed by atoms with Crippen LogP contribution in [0.25, 0.3) is 88.5 Å². The number of fused-ring (bicyclic) bond motifs is 4. The number of aromatic nitrogens is 2. The van der Waals surface area contributed by atoms with Gasteiger partial charge in [-0.15, -0.1) is 0 Å². The molecule has 0 N–H and O–H groups in total. The molecule has 1 aromatic heterocycles. The summed E-state index contributed by atoms with van der Waals surface area (Å²) in [5, 5.41) is 16.8. The first kappa shape index (κ1) is 29.3. The van der Waals surface area contributed by atoms with Crippen LogP contribution in [0.5, 0.6) is 0 Å². The third kappa shape index (κ3) is 5.26. The number of rotatable bonds is 5. The van der Waals surface area contributed by atoms with Gasteiger partial charge >= 0.3 is 0 Å². The lowest BCUT2D eigenvalue weighted by Gasteiger charge is -2.15. The standard InChI is InChI=1S/C47H29N3/c48-30-31-20-22-33(23-21-31)44-29-45(50-47(49-44)34-11-2-1-3-12-34)38-16-8-14-35(26-38)36-15-9-17-39(27-36)46-41-19-7-5-13-37(41)28-43-40-18-6-4-10-32(40)24-25-42(43)46/h1-29H. The molecule has 0 atom stereocenters. The molecule has 0 aliphatic rings. The monoisotopic (exact) mass is 635 g/mol. The van der Waals surface area contributed by atoms with Gasteiger partial charge in [0, 0.05) is 16.7 Å². The van der Waals surface area contributed by atoms with Crippen molar-refractivity contribution in [2.24, 2.45) is 0 Å². The minimum atomic E-state index is 0.617. The number of hydrogen-bond donors (Lipinski definition) is 0. The fourth-order valence-electron chi connectivity index (χ4n) is 7.02. The number of nitriles is 1. The van der Waals surface area contributed by atoms with Crippen LogP contribution in [0.4, 0.5) is 0 Å². The van der Waals surface area contributed by atoms with Crippen molar-refractivity contribution < 1.29 is 0 Å². The van der Waals surface area contributed by atoms with Gasteiger partial charge in [-0.1, -0.05) is 140 Å². The maximum Gasteiger partial charge on any atom is 0.160 e. The predicted molar refractivity (Wildman–Crippen MR) is 206 cm³/mol. The van der Waals surface area contributed by atoms with Crippen molar-refractivity contribution in [3.05, 3.63) is 181 Å². The SMILES string of the molecule is N#Cc1ccc(-c2cc(-c3cccc(-c4cccc(-c5c6ccccc6cc6c5ccc5ccccc56)c4)c3)nc(-c3ccccc3)n2)cc1. The van der Waals surface area contributed by atoms with Crippen molar-refractivity contribution in [1.29, 1.82) is 5.26 Å². The lowest BCUT2D eigenvalue weighted by Crippen LogP contribution is -1.96. The first-order valence-corrected chi connectivity index (χ1v) is 16.7. The molecule has 0 aliphatic carbocycles. The molecule has 8 aromatic carbocycles. The fourth-order valence-corrected chi connectivity index (χ4v) is 7.02. The van der Waals surface area contributed by atoms with Crippen LogP contribution in [0.1, 0.15) is 5.56 Å². The Balaban J connectivity index is 1.18. The molecule has 1 heterocycles. The third-order valence-corrected chi connectivity index (χ3v) is 9.48. The van der Waals surface area contributed by atoms with E-state index in [4.69, 9.17) is 9.97 Å². The Labute approximate surface area is 290 Å². The summed E-state index contributed by atoms with van der Waals surface area (Å²) in [6, 6.07) is 63.5. The number of benzene rings is 8. The van der Waals surface area contributed by atoms with E-state index in [1.54, 1.807) is 0 Å². The first-order valence-electron chi connectivity index (χ1n) is 16.7. The van der Waals surface area contributed by atoms with Crippen molar-refractivity contribution >= 4 is 32.3 Å². The average Bonchev–Trinajstić information content (AvgIpc) is 3.20. The Morgan fingerprint density at radius 1 is 0.360 bits per heavy atom. The van der Waals surface area contributed by atoms with Crippen LogP contribution in [0.15, 0.2) is 176 Å². The lowest BCUT2D eigenvalue weighted by molar-refractivity contribution is 1.18. The van der Waals surface area contributed by atoms with Gasteiger partial charge in [0.25, 0.3) is 0 Å². The van der Waals surface area contributed by atoms with Crippen LogP contribution in [0, 0.1) is 11.3 Å². The molecule has 0 fully saturated rings. The zero-order valence-corrected chi connectivity index (χ0v) is 27.1. The zero-order valence-electron chi connectivity index (χ0n) is 27.1. The van der Waals surface area contributed by atoms with Crippen LogP contribution >= 0.6 is 0 Å². The van der Waals surface area contributed by atoms with Crippen molar-refractivity contribution in [2.75, 3.05) is 0 Å². The summed E-state index contributed by atoms with van der Waals surface area (Å²) in [6.45, 7) is 0. The predicted octanol–water partition coefficient (Wildman–Crippen LogP) is 12.1. The molecule has 9 rings (SSSR count). The highest BCUT2D eigenvalue weighted by molar-refractivity contribution is 6.20. The van der Waals surface area contributed by atoms with Crippen LogP contribution < -0.4 is 0 Å². The van der Waals surface area contributed by atoms with E-state index in [1.807, 2.05) is 60.7 Å². The van der Waals surface area contributed by atoms with Crippen molar-refractivity contribution in [1.82, 2.24) is 9.97 Å². The third-order valence-electron chi connectivity index (χ3n) is 9.48. The minimum Gasteiger partial charge on any atom is -0.228 e. The molecule has 0 bridgehead atoms. The second-order valence-corrected chi connectivity index (χ2v) is 12.5. The molecule has 0 radical (unpaired) electrons. The smallest absolute Gasteiger partial charge is 0.160 e. The highest BCUT2D eigenvalue weighted by Crippen LogP contribution is 2.40. The number of nitrogens with zero attached hydrogens (tertiary/aromatic N) is 3. The second-order valence-electron chi connectivity index (χ2n) is 12.5. The van der Waals surface area contributed by atoms with E-state index >= 15 is 0 Å². The summed E-state index contributed by atoms with van der Waals surface area (Å²) in [5.41, 5.74) is 9.82. The summed E-state index contributed by atoms with van der Waals surface area (Å²) < 4.78 is 0. The van der Waals surface area contributed by atoms with E-state index in [2.05, 4.69) is 121 Å². The molecule has 0 spiro atoms. The normalized spacial score (nSPS) is 11.2. The van der Waals surface area contributed by atoms with Gasteiger partial charge in [-0.3, -0.25) is 0 Å². The van der Waals surface area contributed by atoms with Crippen LogP contribution in [0.2, 0.25) is 0 Å². The average molecular weight is 636 g/mol. The molecular formula is C47H29N3. The zero-order chi connectivity index (χ0) is 33.4. The topological polar surface area (TPSA) is 49.6 Å². The van der Waals surface area contributed by atoms with Gasteiger partial charge < -0.3 is 0 Å². The summed E-state index contributed by atoms with van der Waals surface area (Å²) in [7, 11) is 0. The van der Waals surface area contributed by atoms with Crippen molar-refractivity contribution in [3.8, 4) is 62.2 Å². The van der Waals surface area contributed by atoms with E-state index in [0.717, 1.165) is 39.2 Å². The molecule has 232 valence electrons. The largest absolute Gasteiger partial charge is 0.228 e. The van der Waals surface area contributed by atoms with E-state index in [9.17, 15) is 5.26 Å². The molecule has 9 aromatic rings. The minimum absolute atomic E-state index is 0.617. The summed E-state index contributed by atoms with van der Waals surface area (Å²) in [4.78, 5) is 10.0. The maximum atomic E-state index is 9.34. The molecule has 0 aliphatic heterocycles. The highest BCUT2D eigenvalue weighted by atomic mass is 14.9. The van der Waals surface area contributed by atoms with Crippen LogP contribution in [-0.2, 0) is 0 Å². The molecule has 3 nitrogen and oxygen atoms in total. The van der Waals surface area contributed by atoms with Crippen LogP contribution in [-0.4, -0.2) is 9.97 Å². The highest BCUT2D eigenvalue weighted by Gasteiger charge is 2.15. The van der Waals surface area contributed by atoms with Gasteiger partial charge in [-0.25, -0.2) is 9.97 Å². The quantitative estimate of drug-likeness (QED) is 0.140. The van der Waals surface area contributed by atoms with Gasteiger partial charge in [0.2, 0.25) is 0 Å². The Morgan fingerprint density at radius 3 is 1.72 bits per heavy atom. The Hall–Kier alpha value is -6.89. The van der Waals surface area contributed by atoms with E-state index in [1.165, 1.54) is 43.4 Å². The Bertz CT molecular complexity index is 2760. The van der Waals surface area contributed by atoms with Crippen molar-refractivity contribution in [2.45, 2.75) is 0 Å². The number of hydrogen-bond acceptors (Lipinski definition) is 3. The van der Waals surface area contributed by atoms with Gasteiger partial charge in [0.15, 0.2) is 5.82 Å². The molecule has 50 heavy (non-hydrogen) atoms. The molecule has 0 saturated heterocycles. The first-order chi connectivity index (χ1) is 24.7. The second kappa shape index (κ2) is 12.3. The Kier molecular flexibility index (Phi) is 7.19. The summed E-state index contributed by atoms with van der Waals surface area (Å²) >= 11 is 0. The molecule has 3 heteroatoms. The van der Waals surface area contributed by atoms with Crippen molar-refractivity contribution in [3.63, 3.8) is 0 Å². The molecule has 0 saturated carbocycles. The Morgan fingerprint density at radius 2 is 0.960 bits per heavy atom. The molecule has 0 amide bonds. The van der Waals surface area contributed by atoms with Gasteiger partial charge in [0.1, 0.15) is 0 Å². The van der Waals surface area contributed by atoms with Gasteiger partial charge in [-0.2, -0.15) is 5.26 Å². The summed E-state index contributed by atoms with van der Waals surface area (Å²) in [6.07, 6.45) is 0. The molecular weight excluding hydrogens is 607 g/mol. The van der Waals surface area contributed by atoms with E-state index in [-0.39, 0.29) is 0 Å². The van der Waals surface area contributed by atoms with E-state index < -0.39 is 0 Å². The van der Waals surface area contributed by atoms with Gasteiger partial charge in [-0.05, 0) is 91.0 Å². The van der Waals surface area contributed by atoms with E-state index in [0.29, 0.717) is 11.4 Å². The van der Waals surface area contributed by atoms with Gasteiger partial charge in [0.05, 0.1) is 23.0 Å².